The van der Waals surface area contributed by atoms with Gasteiger partial charge in [0.15, 0.2) is 0 Å². The lowest BCUT2D eigenvalue weighted by molar-refractivity contribution is 0.203. The SMILES string of the molecule is Cc1c(Cl)sc2ncnc(Nc3cccnc3OC(C)CCCS(C)(=O)=O)c12. The minimum Gasteiger partial charge on any atom is -0.473 e. The zero-order valence-electron chi connectivity index (χ0n) is 15.8. The number of thiophene rings is 1. The van der Waals surface area contributed by atoms with Crippen LogP contribution < -0.4 is 10.1 Å². The molecule has 10 heteroatoms. The number of aromatic nitrogens is 3. The number of rotatable bonds is 8. The van der Waals surface area contributed by atoms with Gasteiger partial charge in [-0.05, 0) is 44.4 Å². The number of ether oxygens (including phenoxy) is 1. The Labute approximate surface area is 173 Å². The lowest BCUT2D eigenvalue weighted by Crippen LogP contribution is -2.15. The Morgan fingerprint density at radius 1 is 1.32 bits per heavy atom. The van der Waals surface area contributed by atoms with Crippen molar-refractivity contribution in [2.24, 2.45) is 0 Å². The van der Waals surface area contributed by atoms with E-state index < -0.39 is 9.84 Å². The summed E-state index contributed by atoms with van der Waals surface area (Å²) in [5, 5.41) is 4.14. The summed E-state index contributed by atoms with van der Waals surface area (Å²) >= 11 is 7.66. The summed E-state index contributed by atoms with van der Waals surface area (Å²) in [5.41, 5.74) is 1.59. The molecule has 0 aliphatic carbocycles. The molecule has 7 nitrogen and oxygen atoms in total. The van der Waals surface area contributed by atoms with Crippen LogP contribution in [0.4, 0.5) is 11.5 Å². The highest BCUT2D eigenvalue weighted by molar-refractivity contribution is 7.90. The topological polar surface area (TPSA) is 94.1 Å². The third-order valence-electron chi connectivity index (χ3n) is 4.13. The molecular formula is C18H21ClN4O3S2. The molecular weight excluding hydrogens is 420 g/mol. The highest BCUT2D eigenvalue weighted by Crippen LogP contribution is 2.38. The van der Waals surface area contributed by atoms with E-state index in [4.69, 9.17) is 16.3 Å². The van der Waals surface area contributed by atoms with Crippen molar-refractivity contribution in [1.82, 2.24) is 15.0 Å². The fourth-order valence-corrected chi connectivity index (χ4v) is 4.61. The molecule has 0 amide bonds. The van der Waals surface area contributed by atoms with E-state index in [1.54, 1.807) is 12.3 Å². The molecule has 1 atom stereocenters. The Kier molecular flexibility index (Phi) is 6.36. The van der Waals surface area contributed by atoms with Crippen molar-refractivity contribution >= 4 is 54.5 Å². The fraction of sp³-hybridized carbons (Fsp3) is 0.389. The summed E-state index contributed by atoms with van der Waals surface area (Å²) in [6.07, 6.45) is 5.34. The van der Waals surface area contributed by atoms with Crippen LogP contribution in [0.25, 0.3) is 10.2 Å². The second-order valence-electron chi connectivity index (χ2n) is 6.58. The van der Waals surface area contributed by atoms with Gasteiger partial charge in [0.2, 0.25) is 5.88 Å². The number of fused-ring (bicyclic) bond motifs is 1. The largest absolute Gasteiger partial charge is 0.473 e. The van der Waals surface area contributed by atoms with E-state index in [2.05, 4.69) is 20.3 Å². The fourth-order valence-electron chi connectivity index (χ4n) is 2.73. The number of halogens is 1. The number of hydrogen-bond donors (Lipinski definition) is 1. The van der Waals surface area contributed by atoms with E-state index in [1.807, 2.05) is 19.9 Å². The molecule has 0 spiro atoms. The molecule has 0 saturated carbocycles. The normalized spacial score (nSPS) is 12.9. The minimum absolute atomic E-state index is 0.144. The second-order valence-corrected chi connectivity index (χ2v) is 10.4. The number of sulfone groups is 1. The molecule has 0 aliphatic rings. The van der Waals surface area contributed by atoms with Crippen molar-refractivity contribution in [1.29, 1.82) is 0 Å². The molecule has 1 N–H and O–H groups in total. The summed E-state index contributed by atoms with van der Waals surface area (Å²) in [5.74, 6) is 1.21. The van der Waals surface area contributed by atoms with Crippen molar-refractivity contribution < 1.29 is 13.2 Å². The van der Waals surface area contributed by atoms with Crippen LogP contribution in [0.1, 0.15) is 25.3 Å². The molecule has 3 heterocycles. The molecule has 3 aromatic heterocycles. The molecule has 150 valence electrons. The Hall–Kier alpha value is -1.97. The molecule has 0 bridgehead atoms. The number of anilines is 2. The molecule has 0 saturated heterocycles. The van der Waals surface area contributed by atoms with Gasteiger partial charge in [-0.1, -0.05) is 11.6 Å². The van der Waals surface area contributed by atoms with Crippen molar-refractivity contribution in [3.8, 4) is 5.88 Å². The Morgan fingerprint density at radius 3 is 2.86 bits per heavy atom. The molecule has 0 fully saturated rings. The monoisotopic (exact) mass is 440 g/mol. The molecule has 0 aromatic carbocycles. The maximum Gasteiger partial charge on any atom is 0.238 e. The number of pyridine rings is 1. The van der Waals surface area contributed by atoms with Crippen molar-refractivity contribution in [3.05, 3.63) is 34.6 Å². The Morgan fingerprint density at radius 2 is 2.11 bits per heavy atom. The maximum absolute atomic E-state index is 11.3. The average Bonchev–Trinajstić information content (AvgIpc) is 2.91. The van der Waals surface area contributed by atoms with Gasteiger partial charge in [-0.15, -0.1) is 11.3 Å². The molecule has 28 heavy (non-hydrogen) atoms. The van der Waals surface area contributed by atoms with E-state index in [-0.39, 0.29) is 11.9 Å². The number of nitrogens with one attached hydrogen (secondary N) is 1. The van der Waals surface area contributed by atoms with E-state index in [0.29, 0.717) is 34.6 Å². The van der Waals surface area contributed by atoms with Gasteiger partial charge in [0, 0.05) is 12.5 Å². The van der Waals surface area contributed by atoms with Crippen LogP contribution in [0, 0.1) is 6.92 Å². The lowest BCUT2D eigenvalue weighted by Gasteiger charge is -2.17. The highest BCUT2D eigenvalue weighted by Gasteiger charge is 2.16. The van der Waals surface area contributed by atoms with Gasteiger partial charge >= 0.3 is 0 Å². The Balaban J connectivity index is 1.78. The summed E-state index contributed by atoms with van der Waals surface area (Å²) in [6, 6.07) is 3.65. The van der Waals surface area contributed by atoms with Crippen molar-refractivity contribution in [2.75, 3.05) is 17.3 Å². The zero-order valence-corrected chi connectivity index (χ0v) is 18.2. The standard InChI is InChI=1S/C18H21ClN4O3S2/c1-11(6-5-9-28(3,24)25)26-17-13(7-4-8-20-17)23-16-14-12(2)15(19)27-18(14)22-10-21-16/h4,7-8,10-11H,5-6,9H2,1-3H3,(H,21,22,23). The minimum atomic E-state index is -2.97. The van der Waals surface area contributed by atoms with Crippen LogP contribution in [0.2, 0.25) is 4.34 Å². The predicted molar refractivity (Wildman–Crippen MR) is 114 cm³/mol. The van der Waals surface area contributed by atoms with Crippen LogP contribution in [0.5, 0.6) is 5.88 Å². The Bertz CT molecular complexity index is 1090. The van der Waals surface area contributed by atoms with Crippen molar-refractivity contribution in [3.63, 3.8) is 0 Å². The summed E-state index contributed by atoms with van der Waals surface area (Å²) < 4.78 is 29.2. The predicted octanol–water partition coefficient (Wildman–Crippen LogP) is 4.38. The molecule has 0 aliphatic heterocycles. The zero-order chi connectivity index (χ0) is 20.3. The summed E-state index contributed by atoms with van der Waals surface area (Å²) in [6.45, 7) is 3.83. The summed E-state index contributed by atoms with van der Waals surface area (Å²) in [7, 11) is -2.97. The first-order valence-electron chi connectivity index (χ1n) is 8.70. The third-order valence-corrected chi connectivity index (χ3v) is 6.66. The van der Waals surface area contributed by atoms with Gasteiger partial charge in [-0.2, -0.15) is 0 Å². The lowest BCUT2D eigenvalue weighted by atomic mass is 10.2. The number of hydrogen-bond acceptors (Lipinski definition) is 8. The van der Waals surface area contributed by atoms with E-state index >= 15 is 0 Å². The van der Waals surface area contributed by atoms with Gasteiger partial charge in [-0.3, -0.25) is 0 Å². The quantitative estimate of drug-likeness (QED) is 0.555. The number of nitrogens with zero attached hydrogens (tertiary/aromatic N) is 3. The molecule has 0 radical (unpaired) electrons. The summed E-state index contributed by atoms with van der Waals surface area (Å²) in [4.78, 5) is 13.7. The second kappa shape index (κ2) is 8.59. The first-order chi connectivity index (χ1) is 13.2. The van der Waals surface area contributed by atoms with Crippen molar-refractivity contribution in [2.45, 2.75) is 32.8 Å². The van der Waals surface area contributed by atoms with Crippen LogP contribution >= 0.6 is 22.9 Å². The van der Waals surface area contributed by atoms with Gasteiger partial charge < -0.3 is 10.1 Å². The van der Waals surface area contributed by atoms with E-state index in [0.717, 1.165) is 15.8 Å². The van der Waals surface area contributed by atoms with Gasteiger partial charge in [-0.25, -0.2) is 23.4 Å². The third kappa shape index (κ3) is 5.09. The van der Waals surface area contributed by atoms with Crippen LogP contribution in [0.15, 0.2) is 24.7 Å². The molecule has 1 unspecified atom stereocenters. The van der Waals surface area contributed by atoms with Gasteiger partial charge in [0.05, 0.1) is 21.6 Å². The first-order valence-corrected chi connectivity index (χ1v) is 12.0. The van der Waals surface area contributed by atoms with E-state index in [1.165, 1.54) is 23.9 Å². The van der Waals surface area contributed by atoms with Gasteiger partial charge in [0.25, 0.3) is 0 Å². The molecule has 3 rings (SSSR count). The van der Waals surface area contributed by atoms with Crippen LogP contribution in [-0.2, 0) is 9.84 Å². The van der Waals surface area contributed by atoms with E-state index in [9.17, 15) is 8.42 Å². The average molecular weight is 441 g/mol. The van der Waals surface area contributed by atoms with Crippen LogP contribution in [-0.4, -0.2) is 41.5 Å². The maximum atomic E-state index is 11.3. The van der Waals surface area contributed by atoms with Gasteiger partial charge in [0.1, 0.15) is 32.5 Å². The number of aryl methyl sites for hydroxylation is 1. The smallest absolute Gasteiger partial charge is 0.238 e. The van der Waals surface area contributed by atoms with Crippen LogP contribution in [0.3, 0.4) is 0 Å². The first kappa shape index (κ1) is 20.8. The molecule has 3 aromatic rings. The highest BCUT2D eigenvalue weighted by atomic mass is 35.5.